The minimum atomic E-state index is -0.325. The van der Waals surface area contributed by atoms with Gasteiger partial charge in [-0.25, -0.2) is 0 Å². The van der Waals surface area contributed by atoms with E-state index >= 15 is 0 Å². The van der Waals surface area contributed by atoms with Gasteiger partial charge in [-0.2, -0.15) is 0 Å². The monoisotopic (exact) mass is 370 g/mol. The van der Waals surface area contributed by atoms with Crippen LogP contribution in [0, 0.1) is 10.8 Å². The Balaban J connectivity index is 0. The first-order valence-corrected chi connectivity index (χ1v) is 10.6. The molecule has 0 spiro atoms. The van der Waals surface area contributed by atoms with Crippen molar-refractivity contribution in [2.45, 2.75) is 107 Å². The van der Waals surface area contributed by atoms with Crippen molar-refractivity contribution in [2.75, 3.05) is 13.1 Å². The molecule has 0 aromatic carbocycles. The Hall–Kier alpha value is -1.06. The van der Waals surface area contributed by atoms with E-state index in [1.807, 2.05) is 27.7 Å². The van der Waals surface area contributed by atoms with Crippen molar-refractivity contribution in [2.24, 2.45) is 10.8 Å². The van der Waals surface area contributed by atoms with Crippen LogP contribution in [0.1, 0.15) is 107 Å². The van der Waals surface area contributed by atoms with Crippen molar-refractivity contribution in [1.82, 2.24) is 10.6 Å². The van der Waals surface area contributed by atoms with Gasteiger partial charge < -0.3 is 10.6 Å². The van der Waals surface area contributed by atoms with Crippen molar-refractivity contribution >= 4 is 11.8 Å². The van der Waals surface area contributed by atoms with Crippen LogP contribution >= 0.6 is 0 Å². The highest BCUT2D eigenvalue weighted by atomic mass is 16.2. The number of amides is 2. The number of hydrogen-bond acceptors (Lipinski definition) is 2. The fourth-order valence-corrected chi connectivity index (χ4v) is 3.10. The van der Waals surface area contributed by atoms with Crippen LogP contribution in [-0.2, 0) is 9.59 Å². The van der Waals surface area contributed by atoms with E-state index in [1.165, 1.54) is 0 Å². The first-order chi connectivity index (χ1) is 12.1. The summed E-state index contributed by atoms with van der Waals surface area (Å²) in [4.78, 5) is 23.8. The molecule has 0 bridgehead atoms. The van der Waals surface area contributed by atoms with Gasteiger partial charge in [0.25, 0.3) is 0 Å². The zero-order valence-electron chi connectivity index (χ0n) is 18.9. The van der Waals surface area contributed by atoms with Crippen LogP contribution in [0.25, 0.3) is 0 Å². The Morgan fingerprint density at radius 3 is 1.85 bits per heavy atom. The predicted molar refractivity (Wildman–Crippen MR) is 113 cm³/mol. The first-order valence-electron chi connectivity index (χ1n) is 10.6. The lowest BCUT2D eigenvalue weighted by Crippen LogP contribution is -2.39. The molecule has 2 N–H and O–H groups in total. The Morgan fingerprint density at radius 2 is 1.31 bits per heavy atom. The minimum absolute atomic E-state index is 0.146. The van der Waals surface area contributed by atoms with E-state index in [2.05, 4.69) is 38.3 Å². The van der Waals surface area contributed by atoms with Gasteiger partial charge in [-0.15, -0.1) is 0 Å². The summed E-state index contributed by atoms with van der Waals surface area (Å²) in [6.07, 6.45) is 7.67. The maximum atomic E-state index is 12.3. The summed E-state index contributed by atoms with van der Waals surface area (Å²) >= 11 is 0. The summed E-state index contributed by atoms with van der Waals surface area (Å²) in [5.41, 5.74) is -0.173. The van der Waals surface area contributed by atoms with E-state index < -0.39 is 0 Å². The lowest BCUT2D eigenvalue weighted by atomic mass is 9.76. The van der Waals surface area contributed by atoms with Crippen LogP contribution in [0.15, 0.2) is 0 Å². The zero-order chi connectivity index (χ0) is 20.6. The fourth-order valence-electron chi connectivity index (χ4n) is 3.10. The van der Waals surface area contributed by atoms with Crippen LogP contribution < -0.4 is 10.6 Å². The summed E-state index contributed by atoms with van der Waals surface area (Å²) in [6.45, 7) is 18.2. The van der Waals surface area contributed by atoms with Gasteiger partial charge in [0.15, 0.2) is 0 Å². The summed E-state index contributed by atoms with van der Waals surface area (Å²) in [5.74, 6) is 0.313. The molecule has 4 nitrogen and oxygen atoms in total. The van der Waals surface area contributed by atoms with Crippen LogP contribution in [0.4, 0.5) is 0 Å². The largest absolute Gasteiger partial charge is 0.356 e. The van der Waals surface area contributed by atoms with Crippen LogP contribution in [0.5, 0.6) is 0 Å². The maximum absolute atomic E-state index is 12.3. The number of hydrogen-bond donors (Lipinski definition) is 2. The molecule has 0 heterocycles. The Kier molecular flexibility index (Phi) is 15.7. The van der Waals surface area contributed by atoms with E-state index in [4.69, 9.17) is 0 Å². The Labute approximate surface area is 163 Å². The summed E-state index contributed by atoms with van der Waals surface area (Å²) in [6, 6.07) is 0. The van der Waals surface area contributed by atoms with Gasteiger partial charge >= 0.3 is 0 Å². The molecule has 4 heteroatoms. The highest BCUT2D eigenvalue weighted by molar-refractivity contribution is 5.81. The highest BCUT2D eigenvalue weighted by Gasteiger charge is 2.32. The molecule has 0 aromatic heterocycles. The third-order valence-electron chi connectivity index (χ3n) is 4.06. The molecular weight excluding hydrogens is 324 g/mol. The minimum Gasteiger partial charge on any atom is -0.356 e. The lowest BCUT2D eigenvalue weighted by Gasteiger charge is -2.31. The number of carbonyl (C=O) groups excluding carboxylic acids is 2. The van der Waals surface area contributed by atoms with Gasteiger partial charge in [0.05, 0.1) is 0 Å². The molecule has 0 saturated heterocycles. The third-order valence-corrected chi connectivity index (χ3v) is 4.06. The van der Waals surface area contributed by atoms with Crippen molar-refractivity contribution in [3.05, 3.63) is 0 Å². The van der Waals surface area contributed by atoms with Crippen molar-refractivity contribution in [1.29, 1.82) is 0 Å². The van der Waals surface area contributed by atoms with E-state index in [1.54, 1.807) is 0 Å². The third kappa shape index (κ3) is 16.4. The standard InChI is InChI=1S/C20H40N2O2.C2H6/c1-7-8-14-21-17(23)13-11-9-10-12-15-22-18(24)20(5,6)16-19(2,3)4;1-2/h7-16H2,1-6H3,(H,21,23)(H,22,24);1-2H3. The molecule has 0 aliphatic carbocycles. The van der Waals surface area contributed by atoms with E-state index in [0.29, 0.717) is 6.42 Å². The molecule has 0 aliphatic heterocycles. The molecular formula is C22H46N2O2. The smallest absolute Gasteiger partial charge is 0.225 e. The van der Waals surface area contributed by atoms with Crippen LogP contribution in [0.3, 0.4) is 0 Å². The van der Waals surface area contributed by atoms with Gasteiger partial charge in [-0.1, -0.05) is 74.7 Å². The molecule has 0 fully saturated rings. The summed E-state index contributed by atoms with van der Waals surface area (Å²) in [5, 5.41) is 6.00. The molecule has 0 atom stereocenters. The summed E-state index contributed by atoms with van der Waals surface area (Å²) in [7, 11) is 0. The van der Waals surface area contributed by atoms with Gasteiger partial charge in [-0.3, -0.25) is 9.59 Å². The molecule has 0 rings (SSSR count). The molecule has 0 aliphatic rings. The van der Waals surface area contributed by atoms with Crippen molar-refractivity contribution in [3.8, 4) is 0 Å². The number of nitrogens with one attached hydrogen (secondary N) is 2. The molecule has 0 radical (unpaired) electrons. The second-order valence-electron chi connectivity index (χ2n) is 8.74. The molecule has 0 saturated carbocycles. The fraction of sp³-hybridized carbons (Fsp3) is 0.909. The summed E-state index contributed by atoms with van der Waals surface area (Å²) < 4.78 is 0. The molecule has 0 aromatic rings. The topological polar surface area (TPSA) is 58.2 Å². The van der Waals surface area contributed by atoms with E-state index in [0.717, 1.165) is 58.0 Å². The van der Waals surface area contributed by atoms with Crippen LogP contribution in [-0.4, -0.2) is 24.9 Å². The first kappa shape index (κ1) is 27.2. The second kappa shape index (κ2) is 15.0. The quantitative estimate of drug-likeness (QED) is 0.448. The average molecular weight is 371 g/mol. The predicted octanol–water partition coefficient (Wildman–Crippen LogP) is 5.46. The Bertz CT molecular complexity index is 371. The average Bonchev–Trinajstić information content (AvgIpc) is 2.53. The molecule has 156 valence electrons. The normalized spacial score (nSPS) is 11.4. The SMILES string of the molecule is CC.CCCCNC(=O)CCCCCCNC(=O)C(C)(C)CC(C)(C)C. The van der Waals surface area contributed by atoms with Gasteiger partial charge in [-0.05, 0) is 31.1 Å². The van der Waals surface area contributed by atoms with Gasteiger partial charge in [0, 0.05) is 24.9 Å². The van der Waals surface area contributed by atoms with Crippen molar-refractivity contribution < 1.29 is 9.59 Å². The van der Waals surface area contributed by atoms with Gasteiger partial charge in [0.1, 0.15) is 0 Å². The second-order valence-corrected chi connectivity index (χ2v) is 8.74. The van der Waals surface area contributed by atoms with E-state index in [-0.39, 0.29) is 22.6 Å². The molecule has 0 unspecified atom stereocenters. The Morgan fingerprint density at radius 1 is 0.769 bits per heavy atom. The number of carbonyl (C=O) groups is 2. The van der Waals surface area contributed by atoms with Gasteiger partial charge in [0.2, 0.25) is 11.8 Å². The van der Waals surface area contributed by atoms with Crippen molar-refractivity contribution in [3.63, 3.8) is 0 Å². The highest BCUT2D eigenvalue weighted by Crippen LogP contribution is 2.33. The molecule has 2 amide bonds. The van der Waals surface area contributed by atoms with Crippen LogP contribution in [0.2, 0.25) is 0 Å². The molecule has 26 heavy (non-hydrogen) atoms. The zero-order valence-corrected chi connectivity index (χ0v) is 18.9. The maximum Gasteiger partial charge on any atom is 0.225 e. The number of unbranched alkanes of at least 4 members (excludes halogenated alkanes) is 4. The van der Waals surface area contributed by atoms with E-state index in [9.17, 15) is 9.59 Å². The lowest BCUT2D eigenvalue weighted by molar-refractivity contribution is -0.130. The number of rotatable bonds is 12.